The fraction of sp³-hybridized carbons (Fsp3) is 0.458. The predicted molar refractivity (Wildman–Crippen MR) is 125 cm³/mol. The van der Waals surface area contributed by atoms with E-state index in [9.17, 15) is 5.11 Å². The first-order valence-electron chi connectivity index (χ1n) is 10.6. The van der Waals surface area contributed by atoms with E-state index in [1.807, 2.05) is 19.1 Å². The van der Waals surface area contributed by atoms with E-state index >= 15 is 0 Å². The first-order valence-corrected chi connectivity index (χ1v) is 10.6. The Morgan fingerprint density at radius 2 is 1.65 bits per heavy atom. The second kappa shape index (κ2) is 12.7. The molecule has 0 aromatic heterocycles. The summed E-state index contributed by atoms with van der Waals surface area (Å²) >= 11 is 0. The Labute approximate surface area is 185 Å². The van der Waals surface area contributed by atoms with Crippen molar-refractivity contribution in [3.63, 3.8) is 0 Å². The molecular formula is C24H35N3O4. The van der Waals surface area contributed by atoms with Gasteiger partial charge in [0.05, 0.1) is 27.9 Å². The summed E-state index contributed by atoms with van der Waals surface area (Å²) in [5, 5.41) is 17.2. The van der Waals surface area contributed by atoms with Crippen molar-refractivity contribution in [2.24, 2.45) is 4.99 Å². The van der Waals surface area contributed by atoms with E-state index in [1.54, 1.807) is 39.5 Å². The second-order valence-corrected chi connectivity index (χ2v) is 7.23. The van der Waals surface area contributed by atoms with E-state index in [2.05, 4.69) is 34.7 Å². The molecule has 2 aromatic rings. The summed E-state index contributed by atoms with van der Waals surface area (Å²) in [4.78, 5) is 4.54. The number of nitrogens with zero attached hydrogens (tertiary/aromatic N) is 1. The Morgan fingerprint density at radius 1 is 0.968 bits per heavy atom. The standard InChI is InChI=1S/C24H35N3O4/c1-6-25-24(26-14-13-17(2)18-7-9-19(29-3)10-8-18)27-16-22(28)21-15-20(30-4)11-12-23(21)31-5/h7-12,15,17,22,28H,6,13-14,16H2,1-5H3,(H2,25,26,27). The van der Waals surface area contributed by atoms with E-state index in [0.29, 0.717) is 28.9 Å². The molecule has 0 radical (unpaired) electrons. The van der Waals surface area contributed by atoms with Crippen molar-refractivity contribution in [2.75, 3.05) is 41.0 Å². The van der Waals surface area contributed by atoms with Crippen LogP contribution in [0.15, 0.2) is 47.5 Å². The highest BCUT2D eigenvalue weighted by atomic mass is 16.5. The molecule has 0 fully saturated rings. The lowest BCUT2D eigenvalue weighted by Crippen LogP contribution is -2.38. The van der Waals surface area contributed by atoms with Crippen LogP contribution in [0.25, 0.3) is 0 Å². The van der Waals surface area contributed by atoms with Gasteiger partial charge in [0.2, 0.25) is 0 Å². The van der Waals surface area contributed by atoms with Crippen LogP contribution in [-0.4, -0.2) is 52.0 Å². The monoisotopic (exact) mass is 429 g/mol. The quantitative estimate of drug-likeness (QED) is 0.375. The molecule has 0 amide bonds. The topological polar surface area (TPSA) is 84.3 Å². The lowest BCUT2D eigenvalue weighted by Gasteiger charge is -2.17. The zero-order valence-corrected chi connectivity index (χ0v) is 19.1. The van der Waals surface area contributed by atoms with E-state index in [0.717, 1.165) is 25.3 Å². The van der Waals surface area contributed by atoms with Gasteiger partial charge in [-0.15, -0.1) is 0 Å². The van der Waals surface area contributed by atoms with Gasteiger partial charge in [0.1, 0.15) is 23.4 Å². The molecule has 2 unspecified atom stereocenters. The van der Waals surface area contributed by atoms with Crippen LogP contribution in [0.4, 0.5) is 0 Å². The molecule has 0 spiro atoms. The largest absolute Gasteiger partial charge is 0.497 e. The van der Waals surface area contributed by atoms with Gasteiger partial charge < -0.3 is 30.0 Å². The summed E-state index contributed by atoms with van der Waals surface area (Å²) in [6.45, 7) is 5.91. The average molecular weight is 430 g/mol. The van der Waals surface area contributed by atoms with Crippen molar-refractivity contribution < 1.29 is 19.3 Å². The molecule has 2 rings (SSSR count). The number of guanidine groups is 1. The van der Waals surface area contributed by atoms with E-state index in [1.165, 1.54) is 5.56 Å². The molecule has 0 saturated heterocycles. The number of rotatable bonds is 11. The molecular weight excluding hydrogens is 394 g/mol. The molecule has 2 atom stereocenters. The lowest BCUT2D eigenvalue weighted by molar-refractivity contribution is 0.182. The molecule has 0 aliphatic carbocycles. The van der Waals surface area contributed by atoms with Gasteiger partial charge in [0.15, 0.2) is 5.96 Å². The van der Waals surface area contributed by atoms with Gasteiger partial charge in [-0.1, -0.05) is 19.1 Å². The fourth-order valence-corrected chi connectivity index (χ4v) is 3.22. The maximum atomic E-state index is 10.7. The third-order valence-electron chi connectivity index (χ3n) is 5.12. The number of benzene rings is 2. The van der Waals surface area contributed by atoms with E-state index in [-0.39, 0.29) is 6.54 Å². The van der Waals surface area contributed by atoms with Gasteiger partial charge in [-0.05, 0) is 55.2 Å². The van der Waals surface area contributed by atoms with Crippen molar-refractivity contribution in [2.45, 2.75) is 32.3 Å². The van der Waals surface area contributed by atoms with Crippen LogP contribution in [0.3, 0.4) is 0 Å². The number of ether oxygens (including phenoxy) is 3. The van der Waals surface area contributed by atoms with Crippen LogP contribution in [0, 0.1) is 0 Å². The zero-order chi connectivity index (χ0) is 22.6. The maximum Gasteiger partial charge on any atom is 0.191 e. The number of aliphatic hydroxyl groups excluding tert-OH is 1. The summed E-state index contributed by atoms with van der Waals surface area (Å²) in [5.41, 5.74) is 1.92. The number of aliphatic hydroxyl groups is 1. The average Bonchev–Trinajstić information content (AvgIpc) is 2.81. The summed E-state index contributed by atoms with van der Waals surface area (Å²) < 4.78 is 15.8. The van der Waals surface area contributed by atoms with E-state index < -0.39 is 6.10 Å². The lowest BCUT2D eigenvalue weighted by atomic mass is 9.98. The molecule has 7 heteroatoms. The molecule has 31 heavy (non-hydrogen) atoms. The van der Waals surface area contributed by atoms with Crippen molar-refractivity contribution in [1.82, 2.24) is 10.6 Å². The molecule has 0 bridgehead atoms. The smallest absolute Gasteiger partial charge is 0.191 e. The normalized spacial score (nSPS) is 13.3. The highest BCUT2D eigenvalue weighted by Crippen LogP contribution is 2.29. The molecule has 170 valence electrons. The Bertz CT molecular complexity index is 824. The number of nitrogens with one attached hydrogen (secondary N) is 2. The zero-order valence-electron chi connectivity index (χ0n) is 19.1. The Hall–Kier alpha value is -2.93. The summed E-state index contributed by atoms with van der Waals surface area (Å²) in [6, 6.07) is 13.5. The van der Waals surface area contributed by atoms with Gasteiger partial charge in [-0.2, -0.15) is 0 Å². The third-order valence-corrected chi connectivity index (χ3v) is 5.12. The fourth-order valence-electron chi connectivity index (χ4n) is 3.22. The van der Waals surface area contributed by atoms with Crippen molar-refractivity contribution >= 4 is 5.96 Å². The molecule has 0 aliphatic heterocycles. The Morgan fingerprint density at radius 3 is 2.26 bits per heavy atom. The molecule has 2 aromatic carbocycles. The summed E-state index contributed by atoms with van der Waals surface area (Å²) in [6.07, 6.45) is 0.141. The molecule has 0 heterocycles. The Balaban J connectivity index is 1.95. The minimum absolute atomic E-state index is 0.201. The first kappa shape index (κ1) is 24.3. The minimum atomic E-state index is -0.807. The minimum Gasteiger partial charge on any atom is -0.497 e. The number of aliphatic imine (C=N–C) groups is 1. The molecule has 0 saturated carbocycles. The highest BCUT2D eigenvalue weighted by molar-refractivity contribution is 5.79. The highest BCUT2D eigenvalue weighted by Gasteiger charge is 2.15. The van der Waals surface area contributed by atoms with Crippen molar-refractivity contribution in [1.29, 1.82) is 0 Å². The third kappa shape index (κ3) is 7.36. The van der Waals surface area contributed by atoms with Crippen LogP contribution in [0.2, 0.25) is 0 Å². The number of hydrogen-bond donors (Lipinski definition) is 3. The van der Waals surface area contributed by atoms with Gasteiger partial charge in [0.25, 0.3) is 0 Å². The van der Waals surface area contributed by atoms with Crippen LogP contribution >= 0.6 is 0 Å². The summed E-state index contributed by atoms with van der Waals surface area (Å²) in [7, 11) is 4.85. The Kier molecular flexibility index (Phi) is 9.97. The van der Waals surface area contributed by atoms with Crippen LogP contribution in [0.5, 0.6) is 17.2 Å². The second-order valence-electron chi connectivity index (χ2n) is 7.23. The molecule has 0 aliphatic rings. The van der Waals surface area contributed by atoms with Crippen LogP contribution in [0.1, 0.15) is 43.4 Å². The van der Waals surface area contributed by atoms with Gasteiger partial charge in [-0.25, -0.2) is 0 Å². The van der Waals surface area contributed by atoms with Gasteiger partial charge in [-0.3, -0.25) is 4.99 Å². The number of methoxy groups -OCH3 is 3. The van der Waals surface area contributed by atoms with Gasteiger partial charge >= 0.3 is 0 Å². The SMILES string of the molecule is CCNC(=NCC(O)c1cc(OC)ccc1OC)NCCC(C)c1ccc(OC)cc1. The van der Waals surface area contributed by atoms with Crippen LogP contribution in [-0.2, 0) is 0 Å². The summed E-state index contributed by atoms with van der Waals surface area (Å²) in [5.74, 6) is 3.20. The predicted octanol–water partition coefficient (Wildman–Crippen LogP) is 3.49. The van der Waals surface area contributed by atoms with Crippen molar-refractivity contribution in [3.8, 4) is 17.2 Å². The molecule has 7 nitrogen and oxygen atoms in total. The van der Waals surface area contributed by atoms with Crippen molar-refractivity contribution in [3.05, 3.63) is 53.6 Å². The van der Waals surface area contributed by atoms with E-state index in [4.69, 9.17) is 14.2 Å². The number of hydrogen-bond acceptors (Lipinski definition) is 5. The van der Waals surface area contributed by atoms with Gasteiger partial charge in [0, 0.05) is 18.7 Å². The molecule has 3 N–H and O–H groups in total. The maximum absolute atomic E-state index is 10.7. The first-order chi connectivity index (χ1) is 15.0. The van der Waals surface area contributed by atoms with Crippen LogP contribution < -0.4 is 24.8 Å².